The fraction of sp³-hybridized carbons (Fsp3) is 0.400. The fourth-order valence-electron chi connectivity index (χ4n) is 3.37. The molecule has 1 atom stereocenters. The number of carbonyl (C=O) groups excluding carboxylic acids is 1. The number of hydrogen-bond donors (Lipinski definition) is 1. The SMILES string of the molecule is Cc1cccc(NC(=O)c2cc(S(=O)(=O)N3CCCCC3C)ccc2C)n1. The Balaban J connectivity index is 1.90. The second-order valence-electron chi connectivity index (χ2n) is 7.06. The van der Waals surface area contributed by atoms with E-state index in [2.05, 4.69) is 10.3 Å². The number of sulfonamides is 1. The molecule has 1 aliphatic heterocycles. The summed E-state index contributed by atoms with van der Waals surface area (Å²) < 4.78 is 27.7. The minimum absolute atomic E-state index is 0.0289. The summed E-state index contributed by atoms with van der Waals surface area (Å²) in [5.41, 5.74) is 1.84. The number of nitrogens with zero attached hydrogens (tertiary/aromatic N) is 2. The van der Waals surface area contributed by atoms with Gasteiger partial charge < -0.3 is 5.32 Å². The highest BCUT2D eigenvalue weighted by Crippen LogP contribution is 2.26. The maximum Gasteiger partial charge on any atom is 0.257 e. The Morgan fingerprint density at radius 1 is 1.19 bits per heavy atom. The van der Waals surface area contributed by atoms with Crippen LogP contribution in [-0.4, -0.2) is 36.2 Å². The number of anilines is 1. The van der Waals surface area contributed by atoms with E-state index in [9.17, 15) is 13.2 Å². The minimum Gasteiger partial charge on any atom is -0.307 e. The molecule has 7 heteroatoms. The zero-order chi connectivity index (χ0) is 19.6. The monoisotopic (exact) mass is 387 g/mol. The van der Waals surface area contributed by atoms with Crippen molar-refractivity contribution in [3.05, 3.63) is 53.2 Å². The van der Waals surface area contributed by atoms with Crippen LogP contribution in [0.4, 0.5) is 5.82 Å². The lowest BCUT2D eigenvalue weighted by molar-refractivity contribution is 0.102. The van der Waals surface area contributed by atoms with Gasteiger partial charge in [-0.1, -0.05) is 18.6 Å². The molecule has 0 aliphatic carbocycles. The lowest BCUT2D eigenvalue weighted by Crippen LogP contribution is -2.42. The molecule has 1 aliphatic rings. The molecular formula is C20H25N3O3S. The van der Waals surface area contributed by atoms with Crippen molar-refractivity contribution < 1.29 is 13.2 Å². The van der Waals surface area contributed by atoms with Crippen molar-refractivity contribution in [3.8, 4) is 0 Å². The van der Waals surface area contributed by atoms with E-state index in [1.807, 2.05) is 26.0 Å². The smallest absolute Gasteiger partial charge is 0.257 e. The minimum atomic E-state index is -3.63. The lowest BCUT2D eigenvalue weighted by Gasteiger charge is -2.32. The quantitative estimate of drug-likeness (QED) is 0.871. The highest BCUT2D eigenvalue weighted by molar-refractivity contribution is 7.89. The Morgan fingerprint density at radius 2 is 1.96 bits per heavy atom. The number of pyridine rings is 1. The van der Waals surface area contributed by atoms with Crippen molar-refractivity contribution in [1.82, 2.24) is 9.29 Å². The molecule has 1 fully saturated rings. The summed E-state index contributed by atoms with van der Waals surface area (Å²) in [7, 11) is -3.63. The van der Waals surface area contributed by atoms with Crippen molar-refractivity contribution >= 4 is 21.7 Å². The molecule has 0 radical (unpaired) electrons. The molecule has 3 rings (SSSR count). The summed E-state index contributed by atoms with van der Waals surface area (Å²) in [5, 5.41) is 2.75. The Labute approximate surface area is 160 Å². The zero-order valence-corrected chi connectivity index (χ0v) is 16.7. The van der Waals surface area contributed by atoms with Crippen LogP contribution >= 0.6 is 0 Å². The first kappa shape index (κ1) is 19.5. The lowest BCUT2D eigenvalue weighted by atomic mass is 10.1. The molecular weight excluding hydrogens is 362 g/mol. The summed E-state index contributed by atoms with van der Waals surface area (Å²) in [6.45, 7) is 6.08. The average molecular weight is 388 g/mol. The van der Waals surface area contributed by atoms with E-state index < -0.39 is 10.0 Å². The Hall–Kier alpha value is -2.25. The van der Waals surface area contributed by atoms with E-state index >= 15 is 0 Å². The van der Waals surface area contributed by atoms with Crippen molar-refractivity contribution in [1.29, 1.82) is 0 Å². The normalized spacial score (nSPS) is 18.3. The molecule has 0 bridgehead atoms. The molecule has 1 aromatic carbocycles. The van der Waals surface area contributed by atoms with Crippen LogP contribution in [0, 0.1) is 13.8 Å². The van der Waals surface area contributed by atoms with Crippen LogP contribution in [0.3, 0.4) is 0 Å². The molecule has 27 heavy (non-hydrogen) atoms. The highest BCUT2D eigenvalue weighted by Gasteiger charge is 2.31. The average Bonchev–Trinajstić information content (AvgIpc) is 2.62. The Kier molecular flexibility index (Phi) is 5.62. The maximum atomic E-state index is 13.1. The molecule has 2 heterocycles. The van der Waals surface area contributed by atoms with Crippen LogP contribution < -0.4 is 5.32 Å². The van der Waals surface area contributed by atoms with Gasteiger partial charge in [0.1, 0.15) is 5.82 Å². The standard InChI is InChI=1S/C20H25N3O3S/c1-14-10-11-17(27(25,26)23-12-5-4-8-16(23)3)13-18(14)20(24)22-19-9-6-7-15(2)21-19/h6-7,9-11,13,16H,4-5,8,12H2,1-3H3,(H,21,22,24). The van der Waals surface area contributed by atoms with Crippen molar-refractivity contribution in [3.63, 3.8) is 0 Å². The van der Waals surface area contributed by atoms with E-state index in [-0.39, 0.29) is 16.8 Å². The number of amides is 1. The third-order valence-corrected chi connectivity index (χ3v) is 6.94. The fourth-order valence-corrected chi connectivity index (χ4v) is 5.09. The molecule has 2 aromatic rings. The zero-order valence-electron chi connectivity index (χ0n) is 15.9. The van der Waals surface area contributed by atoms with E-state index in [0.717, 1.165) is 25.0 Å². The van der Waals surface area contributed by atoms with Gasteiger partial charge in [0.15, 0.2) is 0 Å². The molecule has 1 N–H and O–H groups in total. The first-order chi connectivity index (χ1) is 12.8. The number of rotatable bonds is 4. The van der Waals surface area contributed by atoms with Gasteiger partial charge in [0, 0.05) is 23.8 Å². The van der Waals surface area contributed by atoms with Crippen molar-refractivity contribution in [2.75, 3.05) is 11.9 Å². The number of aromatic nitrogens is 1. The Bertz CT molecular complexity index is 957. The first-order valence-corrected chi connectivity index (χ1v) is 10.6. The number of hydrogen-bond acceptors (Lipinski definition) is 4. The van der Waals surface area contributed by atoms with Crippen LogP contribution in [0.1, 0.15) is 47.8 Å². The van der Waals surface area contributed by atoms with E-state index in [0.29, 0.717) is 23.5 Å². The second kappa shape index (κ2) is 7.78. The van der Waals surface area contributed by atoms with Gasteiger partial charge in [-0.05, 0) is 63.4 Å². The van der Waals surface area contributed by atoms with Gasteiger partial charge >= 0.3 is 0 Å². The molecule has 1 unspecified atom stereocenters. The van der Waals surface area contributed by atoms with E-state index in [1.165, 1.54) is 6.07 Å². The number of piperidine rings is 1. The van der Waals surface area contributed by atoms with Gasteiger partial charge in [-0.2, -0.15) is 4.31 Å². The number of nitrogens with one attached hydrogen (secondary N) is 1. The highest BCUT2D eigenvalue weighted by atomic mass is 32.2. The number of benzene rings is 1. The molecule has 1 amide bonds. The summed E-state index contributed by atoms with van der Waals surface area (Å²) in [6.07, 6.45) is 2.76. The molecule has 0 saturated carbocycles. The molecule has 1 aromatic heterocycles. The molecule has 144 valence electrons. The molecule has 6 nitrogen and oxygen atoms in total. The van der Waals surface area contributed by atoms with Crippen LogP contribution in [0.15, 0.2) is 41.3 Å². The largest absolute Gasteiger partial charge is 0.307 e. The second-order valence-corrected chi connectivity index (χ2v) is 8.95. The molecule has 0 spiro atoms. The maximum absolute atomic E-state index is 13.1. The van der Waals surface area contributed by atoms with Gasteiger partial charge in [0.05, 0.1) is 4.90 Å². The van der Waals surface area contributed by atoms with Crippen LogP contribution in [0.2, 0.25) is 0 Å². The van der Waals surface area contributed by atoms with Gasteiger partial charge in [0.2, 0.25) is 10.0 Å². The van der Waals surface area contributed by atoms with Crippen LogP contribution in [0.25, 0.3) is 0 Å². The third-order valence-electron chi connectivity index (χ3n) is 4.93. The van der Waals surface area contributed by atoms with Gasteiger partial charge in [-0.3, -0.25) is 4.79 Å². The van der Waals surface area contributed by atoms with Crippen molar-refractivity contribution in [2.24, 2.45) is 0 Å². The van der Waals surface area contributed by atoms with Crippen LogP contribution in [0.5, 0.6) is 0 Å². The predicted octanol–water partition coefficient (Wildman–Crippen LogP) is 3.51. The van der Waals surface area contributed by atoms with E-state index in [4.69, 9.17) is 0 Å². The van der Waals surface area contributed by atoms with Gasteiger partial charge in [-0.25, -0.2) is 13.4 Å². The third kappa shape index (κ3) is 4.20. The summed E-state index contributed by atoms with van der Waals surface area (Å²) in [6, 6.07) is 10.1. The number of aryl methyl sites for hydroxylation is 2. The first-order valence-electron chi connectivity index (χ1n) is 9.16. The topological polar surface area (TPSA) is 79.4 Å². The summed E-state index contributed by atoms with van der Waals surface area (Å²) in [5.74, 6) is 0.0756. The van der Waals surface area contributed by atoms with Gasteiger partial charge in [0.25, 0.3) is 5.91 Å². The van der Waals surface area contributed by atoms with E-state index in [1.54, 1.807) is 29.4 Å². The Morgan fingerprint density at radius 3 is 2.67 bits per heavy atom. The van der Waals surface area contributed by atoms with Crippen molar-refractivity contribution in [2.45, 2.75) is 51.0 Å². The molecule has 1 saturated heterocycles. The predicted molar refractivity (Wildman–Crippen MR) is 105 cm³/mol. The van der Waals surface area contributed by atoms with Crippen LogP contribution in [-0.2, 0) is 10.0 Å². The summed E-state index contributed by atoms with van der Waals surface area (Å²) in [4.78, 5) is 17.1. The van der Waals surface area contributed by atoms with Gasteiger partial charge in [-0.15, -0.1) is 0 Å². The summed E-state index contributed by atoms with van der Waals surface area (Å²) >= 11 is 0. The number of carbonyl (C=O) groups is 1.